The maximum absolute atomic E-state index is 10.6. The molecule has 0 rings (SSSR count). The molecule has 0 aliphatic rings. The first kappa shape index (κ1) is 9.24. The van der Waals surface area contributed by atoms with Crippen LogP contribution in [0.3, 0.4) is 0 Å². The highest BCUT2D eigenvalue weighted by atomic mass is 35.5. The van der Waals surface area contributed by atoms with E-state index in [1.807, 2.05) is 6.92 Å². The van der Waals surface area contributed by atoms with Crippen LogP contribution in [-0.4, -0.2) is 19.4 Å². The molecule has 0 unspecified atom stereocenters. The van der Waals surface area contributed by atoms with E-state index in [1.54, 1.807) is 0 Å². The van der Waals surface area contributed by atoms with Gasteiger partial charge in [0.1, 0.15) is 5.21 Å². The number of halogens is 1. The van der Waals surface area contributed by atoms with Crippen molar-refractivity contribution in [3.8, 4) is 0 Å². The van der Waals surface area contributed by atoms with Crippen LogP contribution >= 0.6 is 11.6 Å². The van der Waals surface area contributed by atoms with Gasteiger partial charge in [-0.1, -0.05) is 13.3 Å². The highest BCUT2D eigenvalue weighted by Gasteiger charge is 2.05. The molecule has 0 aliphatic carbocycles. The van der Waals surface area contributed by atoms with Crippen LogP contribution in [0.2, 0.25) is 0 Å². The first-order chi connectivity index (χ1) is 4.12. The molecule has 2 nitrogen and oxygen atoms in total. The van der Waals surface area contributed by atoms with Crippen LogP contribution in [0.5, 0.6) is 0 Å². The molecule has 0 aromatic carbocycles. The van der Waals surface area contributed by atoms with Crippen LogP contribution in [0, 0.1) is 0 Å². The van der Waals surface area contributed by atoms with Crippen LogP contribution in [0.1, 0.15) is 19.8 Å². The van der Waals surface area contributed by atoms with Crippen LogP contribution < -0.4 is 0 Å². The van der Waals surface area contributed by atoms with E-state index in [0.717, 1.165) is 12.8 Å². The van der Waals surface area contributed by atoms with Crippen molar-refractivity contribution in [3.05, 3.63) is 0 Å². The Morgan fingerprint density at radius 2 is 2.00 bits per heavy atom. The van der Waals surface area contributed by atoms with Crippen LogP contribution in [0.4, 0.5) is 0 Å². The molecule has 56 valence electrons. The lowest BCUT2D eigenvalue weighted by molar-refractivity contribution is 0.597. The molecule has 0 bridgehead atoms. The third-order valence-corrected chi connectivity index (χ3v) is 3.22. The average molecular weight is 171 g/mol. The first-order valence-electron chi connectivity index (χ1n) is 2.89. The zero-order chi connectivity index (χ0) is 7.33. The standard InChI is InChI=1S/C5H11ClO2S/c1-2-3-4-9(7,8)5-6/h2-5H2,1H3. The molecule has 0 saturated heterocycles. The largest absolute Gasteiger partial charge is 0.228 e. The van der Waals surface area contributed by atoms with E-state index in [2.05, 4.69) is 0 Å². The zero-order valence-corrected chi connectivity index (χ0v) is 7.00. The Kier molecular flexibility index (Phi) is 4.23. The number of sulfone groups is 1. The fraction of sp³-hybridized carbons (Fsp3) is 1.00. The summed E-state index contributed by atoms with van der Waals surface area (Å²) < 4.78 is 21.3. The zero-order valence-electron chi connectivity index (χ0n) is 5.43. The minimum absolute atomic E-state index is 0.229. The molecular formula is C5H11ClO2S. The van der Waals surface area contributed by atoms with Crippen LogP contribution in [0.25, 0.3) is 0 Å². The monoisotopic (exact) mass is 170 g/mol. The Labute approximate surface area is 61.1 Å². The second kappa shape index (κ2) is 4.12. The lowest BCUT2D eigenvalue weighted by atomic mass is 10.4. The Hall–Kier alpha value is 0.240. The number of alkyl halides is 1. The fourth-order valence-corrected chi connectivity index (χ4v) is 1.58. The molecule has 0 radical (unpaired) electrons. The second-order valence-corrected chi connectivity index (χ2v) is 4.68. The molecule has 0 spiro atoms. The maximum atomic E-state index is 10.6. The molecule has 0 N–H and O–H groups in total. The van der Waals surface area contributed by atoms with Crippen molar-refractivity contribution in [2.24, 2.45) is 0 Å². The predicted molar refractivity (Wildman–Crippen MR) is 39.4 cm³/mol. The van der Waals surface area contributed by atoms with Gasteiger partial charge in [0.05, 0.1) is 5.75 Å². The van der Waals surface area contributed by atoms with Crippen LogP contribution in [-0.2, 0) is 9.84 Å². The lowest BCUT2D eigenvalue weighted by Gasteiger charge is -1.95. The van der Waals surface area contributed by atoms with Crippen LogP contribution in [0.15, 0.2) is 0 Å². The Bertz CT molecular complexity index is 150. The lowest BCUT2D eigenvalue weighted by Crippen LogP contribution is -2.06. The predicted octanol–water partition coefficient (Wildman–Crippen LogP) is 1.40. The van der Waals surface area contributed by atoms with E-state index in [0.29, 0.717) is 0 Å². The van der Waals surface area contributed by atoms with Gasteiger partial charge in [0.15, 0.2) is 9.84 Å². The molecule has 0 aromatic rings. The van der Waals surface area contributed by atoms with Gasteiger partial charge in [0.2, 0.25) is 0 Å². The summed E-state index contributed by atoms with van der Waals surface area (Å²) in [7, 11) is -2.92. The molecule has 0 heterocycles. The molecule has 0 atom stereocenters. The fourth-order valence-electron chi connectivity index (χ4n) is 0.419. The van der Waals surface area contributed by atoms with Gasteiger partial charge < -0.3 is 0 Å². The average Bonchev–Trinajstić information content (AvgIpc) is 1.84. The summed E-state index contributed by atoms with van der Waals surface area (Å²) in [4.78, 5) is 0. The Morgan fingerprint density at radius 1 is 1.44 bits per heavy atom. The second-order valence-electron chi connectivity index (χ2n) is 1.91. The highest BCUT2D eigenvalue weighted by Crippen LogP contribution is 1.98. The third-order valence-electron chi connectivity index (χ3n) is 0.975. The molecule has 0 saturated carbocycles. The van der Waals surface area contributed by atoms with E-state index in [9.17, 15) is 8.42 Å². The number of unbranched alkanes of at least 4 members (excludes halogenated alkanes) is 1. The Balaban J connectivity index is 3.61. The van der Waals surface area contributed by atoms with Crippen molar-refractivity contribution in [2.75, 3.05) is 11.0 Å². The minimum atomic E-state index is -2.92. The summed E-state index contributed by atoms with van der Waals surface area (Å²) in [5.74, 6) is 0.229. The Morgan fingerprint density at radius 3 is 2.33 bits per heavy atom. The van der Waals surface area contributed by atoms with Crippen molar-refractivity contribution in [2.45, 2.75) is 19.8 Å². The molecular weight excluding hydrogens is 160 g/mol. The summed E-state index contributed by atoms with van der Waals surface area (Å²) >= 11 is 5.14. The van der Waals surface area contributed by atoms with Gasteiger partial charge in [-0.25, -0.2) is 8.42 Å². The molecule has 0 aromatic heterocycles. The minimum Gasteiger partial charge on any atom is -0.228 e. The molecule has 9 heavy (non-hydrogen) atoms. The van der Waals surface area contributed by atoms with E-state index < -0.39 is 9.84 Å². The normalized spacial score (nSPS) is 11.8. The quantitative estimate of drug-likeness (QED) is 0.598. The highest BCUT2D eigenvalue weighted by molar-refractivity contribution is 7.92. The van der Waals surface area contributed by atoms with E-state index in [1.165, 1.54) is 0 Å². The van der Waals surface area contributed by atoms with Crippen molar-refractivity contribution < 1.29 is 8.42 Å². The van der Waals surface area contributed by atoms with Crippen molar-refractivity contribution >= 4 is 21.4 Å². The molecule has 0 amide bonds. The maximum Gasteiger partial charge on any atom is 0.164 e. The van der Waals surface area contributed by atoms with Crippen molar-refractivity contribution in [1.82, 2.24) is 0 Å². The number of rotatable bonds is 4. The van der Waals surface area contributed by atoms with E-state index >= 15 is 0 Å². The number of hydrogen-bond donors (Lipinski definition) is 0. The van der Waals surface area contributed by atoms with E-state index in [-0.39, 0.29) is 11.0 Å². The number of hydrogen-bond acceptors (Lipinski definition) is 2. The summed E-state index contributed by atoms with van der Waals surface area (Å²) in [6.45, 7) is 1.95. The van der Waals surface area contributed by atoms with Gasteiger partial charge in [0.25, 0.3) is 0 Å². The smallest absolute Gasteiger partial charge is 0.164 e. The summed E-state index contributed by atoms with van der Waals surface area (Å²) in [6, 6.07) is 0. The summed E-state index contributed by atoms with van der Waals surface area (Å²) in [5.41, 5.74) is 0. The van der Waals surface area contributed by atoms with Crippen molar-refractivity contribution in [1.29, 1.82) is 0 Å². The molecule has 0 aliphatic heterocycles. The van der Waals surface area contributed by atoms with Gasteiger partial charge >= 0.3 is 0 Å². The van der Waals surface area contributed by atoms with Gasteiger partial charge in [0, 0.05) is 0 Å². The van der Waals surface area contributed by atoms with E-state index in [4.69, 9.17) is 11.6 Å². The summed E-state index contributed by atoms with van der Waals surface area (Å²) in [6.07, 6.45) is 1.62. The third kappa shape index (κ3) is 4.73. The topological polar surface area (TPSA) is 34.1 Å². The molecule has 0 fully saturated rings. The SMILES string of the molecule is CCCCS(=O)(=O)CCl. The first-order valence-corrected chi connectivity index (χ1v) is 5.24. The van der Waals surface area contributed by atoms with Gasteiger partial charge in [-0.15, -0.1) is 11.6 Å². The summed E-state index contributed by atoms with van der Waals surface area (Å²) in [5, 5.41) is -0.243. The van der Waals surface area contributed by atoms with Gasteiger partial charge in [-0.2, -0.15) is 0 Å². The van der Waals surface area contributed by atoms with Gasteiger partial charge in [-0.3, -0.25) is 0 Å². The van der Waals surface area contributed by atoms with Crippen molar-refractivity contribution in [3.63, 3.8) is 0 Å². The van der Waals surface area contributed by atoms with Gasteiger partial charge in [-0.05, 0) is 6.42 Å². The molecule has 4 heteroatoms.